The van der Waals surface area contributed by atoms with Crippen LogP contribution in [0, 0.1) is 5.92 Å². The van der Waals surface area contributed by atoms with Gasteiger partial charge in [-0.05, 0) is 18.6 Å². The molecule has 0 bridgehead atoms. The third-order valence-corrected chi connectivity index (χ3v) is 4.99. The molecule has 1 fully saturated rings. The second-order valence-electron chi connectivity index (χ2n) is 4.99. The summed E-state index contributed by atoms with van der Waals surface area (Å²) in [7, 11) is 0. The van der Waals surface area contributed by atoms with E-state index in [9.17, 15) is 14.7 Å². The van der Waals surface area contributed by atoms with Crippen LogP contribution < -0.4 is 0 Å². The summed E-state index contributed by atoms with van der Waals surface area (Å²) in [6.07, 6.45) is 1.43. The van der Waals surface area contributed by atoms with Gasteiger partial charge in [0.1, 0.15) is 5.70 Å². The Bertz CT molecular complexity index is 596. The van der Waals surface area contributed by atoms with Gasteiger partial charge in [-0.3, -0.25) is 4.79 Å². The number of hydrogen-bond donors (Lipinski definition) is 1. The van der Waals surface area contributed by atoms with Crippen molar-refractivity contribution in [3.63, 3.8) is 0 Å². The molecule has 0 radical (unpaired) electrons. The molecular weight excluding hydrogens is 274 g/mol. The van der Waals surface area contributed by atoms with Gasteiger partial charge in [0.05, 0.1) is 12.0 Å². The predicted molar refractivity (Wildman–Crippen MR) is 76.0 cm³/mol. The number of carboxylic acids is 1. The molecule has 2 aliphatic rings. The molecule has 0 aromatic heterocycles. The molecule has 0 saturated carbocycles. The molecule has 0 aliphatic carbocycles. The van der Waals surface area contributed by atoms with E-state index in [1.54, 1.807) is 0 Å². The summed E-state index contributed by atoms with van der Waals surface area (Å²) >= 11 is 1.45. The zero-order valence-electron chi connectivity index (χ0n) is 11.1. The molecule has 5 heteroatoms. The molecule has 4 nitrogen and oxygen atoms in total. The van der Waals surface area contributed by atoms with Gasteiger partial charge < -0.3 is 10.0 Å². The first kappa shape index (κ1) is 13.2. The molecule has 1 aromatic rings. The number of β-lactam (4-membered cyclic amide) rings is 1. The molecule has 1 saturated heterocycles. The minimum atomic E-state index is -1.01. The van der Waals surface area contributed by atoms with Crippen molar-refractivity contribution in [2.45, 2.75) is 30.7 Å². The Balaban J connectivity index is 1.90. The number of thioether (sulfide) groups is 1. The van der Waals surface area contributed by atoms with Crippen LogP contribution in [0.15, 0.2) is 45.8 Å². The average molecular weight is 289 g/mol. The van der Waals surface area contributed by atoms with Crippen LogP contribution in [0.3, 0.4) is 0 Å². The number of carbonyl (C=O) groups is 2. The van der Waals surface area contributed by atoms with Crippen LogP contribution in [0.2, 0.25) is 0 Å². The summed E-state index contributed by atoms with van der Waals surface area (Å²) in [6.45, 7) is 1.97. The van der Waals surface area contributed by atoms with E-state index in [0.29, 0.717) is 6.42 Å². The lowest BCUT2D eigenvalue weighted by Crippen LogP contribution is -2.58. The number of fused-ring (bicyclic) bond motifs is 1. The molecule has 2 heterocycles. The third kappa shape index (κ3) is 1.93. The first-order chi connectivity index (χ1) is 9.63. The zero-order chi connectivity index (χ0) is 14.3. The molecule has 104 valence electrons. The van der Waals surface area contributed by atoms with Gasteiger partial charge in [-0.1, -0.05) is 36.9 Å². The molecule has 1 amide bonds. The van der Waals surface area contributed by atoms with Gasteiger partial charge in [0.15, 0.2) is 0 Å². The van der Waals surface area contributed by atoms with Crippen LogP contribution in [-0.2, 0) is 9.59 Å². The number of benzene rings is 1. The fourth-order valence-corrected chi connectivity index (χ4v) is 4.04. The maximum Gasteiger partial charge on any atom is 0.353 e. The molecule has 0 unspecified atom stereocenters. The van der Waals surface area contributed by atoms with Gasteiger partial charge in [-0.15, -0.1) is 0 Å². The van der Waals surface area contributed by atoms with Gasteiger partial charge in [-0.25, -0.2) is 4.79 Å². The van der Waals surface area contributed by atoms with Crippen molar-refractivity contribution in [3.8, 4) is 0 Å². The number of hydrogen-bond acceptors (Lipinski definition) is 3. The van der Waals surface area contributed by atoms with E-state index in [4.69, 9.17) is 0 Å². The molecule has 0 spiro atoms. The summed E-state index contributed by atoms with van der Waals surface area (Å²) in [5.41, 5.74) is 0.179. The van der Waals surface area contributed by atoms with E-state index >= 15 is 0 Å². The molecule has 1 aromatic carbocycles. The van der Waals surface area contributed by atoms with Gasteiger partial charge in [-0.2, -0.15) is 0 Å². The van der Waals surface area contributed by atoms with Crippen LogP contribution in [0.25, 0.3) is 0 Å². The van der Waals surface area contributed by atoms with Crippen LogP contribution in [0.5, 0.6) is 0 Å². The number of rotatable bonds is 4. The summed E-state index contributed by atoms with van der Waals surface area (Å²) < 4.78 is 0. The van der Waals surface area contributed by atoms with E-state index in [1.165, 1.54) is 16.7 Å². The van der Waals surface area contributed by atoms with Crippen molar-refractivity contribution >= 4 is 23.6 Å². The van der Waals surface area contributed by atoms with Crippen molar-refractivity contribution in [1.82, 2.24) is 4.90 Å². The van der Waals surface area contributed by atoms with Crippen molar-refractivity contribution in [2.75, 3.05) is 0 Å². The van der Waals surface area contributed by atoms with E-state index < -0.39 is 5.97 Å². The molecule has 2 aliphatic heterocycles. The van der Waals surface area contributed by atoms with Gasteiger partial charge in [0.25, 0.3) is 0 Å². The lowest BCUT2D eigenvalue weighted by atomic mass is 9.85. The minimum absolute atomic E-state index is 0.0155. The van der Waals surface area contributed by atoms with E-state index in [2.05, 4.69) is 0 Å². The molecule has 2 atom stereocenters. The quantitative estimate of drug-likeness (QED) is 0.866. The van der Waals surface area contributed by atoms with Crippen molar-refractivity contribution in [1.29, 1.82) is 0 Å². The first-order valence-electron chi connectivity index (χ1n) is 6.66. The number of amides is 1. The molecular formula is C15H15NO3S. The highest BCUT2D eigenvalue weighted by Crippen LogP contribution is 2.48. The fourth-order valence-electron chi connectivity index (χ4n) is 2.92. The number of carboxylic acid groups (broad SMARTS) is 1. The summed E-state index contributed by atoms with van der Waals surface area (Å²) in [5.74, 6) is -1.06. The molecule has 1 N–H and O–H groups in total. The lowest BCUT2D eigenvalue weighted by molar-refractivity contribution is -0.155. The Hall–Kier alpha value is -1.75. The predicted octanol–water partition coefficient (Wildman–Crippen LogP) is 2.72. The summed E-state index contributed by atoms with van der Waals surface area (Å²) in [5, 5.41) is 9.40. The van der Waals surface area contributed by atoms with E-state index in [1.807, 2.05) is 37.3 Å². The van der Waals surface area contributed by atoms with Crippen LogP contribution in [0.1, 0.15) is 19.8 Å². The van der Waals surface area contributed by atoms with E-state index in [0.717, 1.165) is 16.2 Å². The Kier molecular flexibility index (Phi) is 3.30. The average Bonchev–Trinajstić information content (AvgIpc) is 2.76. The van der Waals surface area contributed by atoms with Crippen LogP contribution in [0.4, 0.5) is 0 Å². The smallest absolute Gasteiger partial charge is 0.353 e. The standard InChI is InChI=1S/C15H15NO3S/c1-2-10-11-8-12(20-9-6-4-3-5-7-9)13(15(18)19)16(11)14(10)17/h3-7,10-11H,2,8H2,1H3,(H,18,19)/t10-,11-/m1/s1. The maximum absolute atomic E-state index is 12.0. The van der Waals surface area contributed by atoms with Gasteiger partial charge >= 0.3 is 5.97 Å². The summed E-state index contributed by atoms with van der Waals surface area (Å²) in [6, 6.07) is 9.72. The topological polar surface area (TPSA) is 57.6 Å². The second kappa shape index (κ2) is 4.98. The zero-order valence-corrected chi connectivity index (χ0v) is 11.9. The SMILES string of the molecule is CC[C@H]1C(=O)N2C(C(=O)O)=C(Sc3ccccc3)C[C@H]12. The van der Waals surface area contributed by atoms with Gasteiger partial charge in [0, 0.05) is 16.2 Å². The molecule has 3 rings (SSSR count). The fraction of sp³-hybridized carbons (Fsp3) is 0.333. The summed E-state index contributed by atoms with van der Waals surface area (Å²) in [4.78, 5) is 26.7. The molecule has 20 heavy (non-hydrogen) atoms. The van der Waals surface area contributed by atoms with Gasteiger partial charge in [0.2, 0.25) is 5.91 Å². The lowest BCUT2D eigenvalue weighted by Gasteiger charge is -2.42. The maximum atomic E-state index is 12.0. The van der Waals surface area contributed by atoms with E-state index in [-0.39, 0.29) is 23.6 Å². The highest BCUT2D eigenvalue weighted by Gasteiger charge is 2.54. The highest BCUT2D eigenvalue weighted by molar-refractivity contribution is 8.03. The Morgan fingerprint density at radius 1 is 1.40 bits per heavy atom. The Labute approximate surface area is 121 Å². The number of carbonyl (C=O) groups excluding carboxylic acids is 1. The first-order valence-corrected chi connectivity index (χ1v) is 7.47. The number of aliphatic carboxylic acids is 1. The number of nitrogens with zero attached hydrogens (tertiary/aromatic N) is 1. The normalized spacial score (nSPS) is 24.6. The third-order valence-electron chi connectivity index (χ3n) is 3.88. The van der Waals surface area contributed by atoms with Crippen molar-refractivity contribution in [3.05, 3.63) is 40.9 Å². The Morgan fingerprint density at radius 2 is 2.10 bits per heavy atom. The largest absolute Gasteiger partial charge is 0.477 e. The minimum Gasteiger partial charge on any atom is -0.477 e. The van der Waals surface area contributed by atoms with Crippen molar-refractivity contribution in [2.24, 2.45) is 5.92 Å². The van der Waals surface area contributed by atoms with Crippen molar-refractivity contribution < 1.29 is 14.7 Å². The van der Waals surface area contributed by atoms with Crippen LogP contribution in [-0.4, -0.2) is 27.9 Å². The monoisotopic (exact) mass is 289 g/mol. The Morgan fingerprint density at radius 3 is 2.70 bits per heavy atom. The second-order valence-corrected chi connectivity index (χ2v) is 6.15. The highest BCUT2D eigenvalue weighted by atomic mass is 32.2. The van der Waals surface area contributed by atoms with Crippen LogP contribution >= 0.6 is 11.8 Å².